The predicted molar refractivity (Wildman–Crippen MR) is 77.9 cm³/mol. The zero-order valence-electron chi connectivity index (χ0n) is 11.6. The minimum absolute atomic E-state index is 0.0551. The molecule has 106 valence electrons. The summed E-state index contributed by atoms with van der Waals surface area (Å²) in [5.74, 6) is -0.0772. The highest BCUT2D eigenvalue weighted by molar-refractivity contribution is 5.94. The zero-order chi connectivity index (χ0) is 14.3. The Labute approximate surface area is 114 Å². The molecule has 0 fully saturated rings. The molecule has 1 aromatic rings. The van der Waals surface area contributed by atoms with Crippen molar-refractivity contribution in [2.24, 2.45) is 0 Å². The minimum atomic E-state index is -0.273. The molecule has 19 heavy (non-hydrogen) atoms. The lowest BCUT2D eigenvalue weighted by molar-refractivity contribution is -0.120. The Morgan fingerprint density at radius 3 is 2.53 bits per heavy atom. The number of nitrogens with one attached hydrogen (secondary N) is 1. The highest BCUT2D eigenvalue weighted by Gasteiger charge is 2.20. The topological polar surface area (TPSA) is 78.6 Å². The second kappa shape index (κ2) is 7.76. The molecule has 5 nitrogen and oxygen atoms in total. The molecule has 0 aliphatic heterocycles. The monoisotopic (exact) mass is 265 g/mol. The number of nitrogens with two attached hydrogens (primary N) is 1. The van der Waals surface area contributed by atoms with E-state index in [0.717, 1.165) is 18.7 Å². The van der Waals surface area contributed by atoms with Gasteiger partial charge in [-0.1, -0.05) is 6.92 Å². The van der Waals surface area contributed by atoms with Gasteiger partial charge < -0.3 is 16.2 Å². The van der Waals surface area contributed by atoms with Crippen LogP contribution in [0.3, 0.4) is 0 Å². The molecule has 4 N–H and O–H groups in total. The molecule has 1 atom stereocenters. The summed E-state index contributed by atoms with van der Waals surface area (Å²) < 4.78 is 0. The number of carbonyl (C=O) groups is 1. The van der Waals surface area contributed by atoms with Crippen LogP contribution in [0.1, 0.15) is 20.3 Å². The molecular weight excluding hydrogens is 242 g/mol. The highest BCUT2D eigenvalue weighted by Crippen LogP contribution is 2.12. The number of aliphatic hydroxyl groups is 1. The Morgan fingerprint density at radius 2 is 2.00 bits per heavy atom. The van der Waals surface area contributed by atoms with E-state index in [1.54, 1.807) is 24.3 Å². The van der Waals surface area contributed by atoms with Crippen LogP contribution in [0.4, 0.5) is 11.4 Å². The third-order valence-corrected chi connectivity index (χ3v) is 3.00. The van der Waals surface area contributed by atoms with Crippen LogP contribution in [0.25, 0.3) is 0 Å². The van der Waals surface area contributed by atoms with Gasteiger partial charge in [0.1, 0.15) is 0 Å². The molecule has 0 aromatic heterocycles. The molecule has 1 aromatic carbocycles. The molecule has 0 aliphatic carbocycles. The average molecular weight is 265 g/mol. The lowest BCUT2D eigenvalue weighted by Gasteiger charge is -2.27. The maximum atomic E-state index is 12.1. The number of nitrogens with zero attached hydrogens (tertiary/aromatic N) is 1. The first-order valence-corrected chi connectivity index (χ1v) is 6.59. The van der Waals surface area contributed by atoms with Crippen LogP contribution in [-0.2, 0) is 4.79 Å². The Balaban J connectivity index is 2.62. The number of anilines is 2. The maximum absolute atomic E-state index is 12.1. The van der Waals surface area contributed by atoms with E-state index >= 15 is 0 Å². The van der Waals surface area contributed by atoms with Crippen LogP contribution in [0.15, 0.2) is 24.3 Å². The van der Waals surface area contributed by atoms with E-state index in [1.807, 2.05) is 11.8 Å². The largest absolute Gasteiger partial charge is 0.399 e. The standard InChI is InChI=1S/C14H23N3O2/c1-3-8-17(9-10-18)11(2)14(19)16-13-6-4-12(15)5-7-13/h4-7,11,18H,3,8-10,15H2,1-2H3,(H,16,19). The number of carbonyl (C=O) groups excluding carboxylic acids is 1. The fourth-order valence-corrected chi connectivity index (χ4v) is 1.89. The van der Waals surface area contributed by atoms with Crippen molar-refractivity contribution in [3.8, 4) is 0 Å². The number of aliphatic hydroxyl groups excluding tert-OH is 1. The molecule has 5 heteroatoms. The lowest BCUT2D eigenvalue weighted by atomic mass is 10.2. The molecule has 0 spiro atoms. The van der Waals surface area contributed by atoms with Gasteiger partial charge in [-0.3, -0.25) is 9.69 Å². The second-order valence-corrected chi connectivity index (χ2v) is 4.55. The Bertz CT molecular complexity index is 386. The molecule has 0 aliphatic rings. The van der Waals surface area contributed by atoms with Crippen molar-refractivity contribution < 1.29 is 9.90 Å². The second-order valence-electron chi connectivity index (χ2n) is 4.55. The van der Waals surface area contributed by atoms with Gasteiger partial charge in [0.15, 0.2) is 0 Å². The van der Waals surface area contributed by atoms with Crippen molar-refractivity contribution in [2.45, 2.75) is 26.3 Å². The molecule has 0 saturated carbocycles. The SMILES string of the molecule is CCCN(CCO)C(C)C(=O)Nc1ccc(N)cc1. The van der Waals surface area contributed by atoms with Gasteiger partial charge in [0.25, 0.3) is 0 Å². The van der Waals surface area contributed by atoms with Crippen molar-refractivity contribution in [3.05, 3.63) is 24.3 Å². The van der Waals surface area contributed by atoms with Crippen LogP contribution >= 0.6 is 0 Å². The summed E-state index contributed by atoms with van der Waals surface area (Å²) >= 11 is 0. The van der Waals surface area contributed by atoms with Crippen molar-refractivity contribution in [1.29, 1.82) is 0 Å². The summed E-state index contributed by atoms with van der Waals surface area (Å²) in [4.78, 5) is 14.1. The van der Waals surface area contributed by atoms with Gasteiger partial charge >= 0.3 is 0 Å². The highest BCUT2D eigenvalue weighted by atomic mass is 16.3. The molecule has 1 amide bonds. The third-order valence-electron chi connectivity index (χ3n) is 3.00. The number of hydrogen-bond acceptors (Lipinski definition) is 4. The van der Waals surface area contributed by atoms with E-state index in [2.05, 4.69) is 12.2 Å². The molecule has 0 saturated heterocycles. The number of rotatable bonds is 7. The minimum Gasteiger partial charge on any atom is -0.399 e. The summed E-state index contributed by atoms with van der Waals surface area (Å²) in [5.41, 5.74) is 6.99. The van der Waals surface area contributed by atoms with Crippen LogP contribution < -0.4 is 11.1 Å². The molecule has 0 bridgehead atoms. The van der Waals surface area contributed by atoms with Crippen LogP contribution in [-0.4, -0.2) is 41.7 Å². The van der Waals surface area contributed by atoms with E-state index in [4.69, 9.17) is 10.8 Å². The van der Waals surface area contributed by atoms with Crippen LogP contribution in [0.2, 0.25) is 0 Å². The van der Waals surface area contributed by atoms with Gasteiger partial charge in [-0.2, -0.15) is 0 Å². The smallest absolute Gasteiger partial charge is 0.241 e. The summed E-state index contributed by atoms with van der Waals surface area (Å²) in [5, 5.41) is 11.9. The summed E-state index contributed by atoms with van der Waals surface area (Å²) in [6.07, 6.45) is 0.944. The number of amides is 1. The summed E-state index contributed by atoms with van der Waals surface area (Å²) in [6, 6.07) is 6.77. The predicted octanol–water partition coefficient (Wildman–Crippen LogP) is 1.30. The van der Waals surface area contributed by atoms with Crippen molar-refractivity contribution in [1.82, 2.24) is 4.90 Å². The molecule has 0 heterocycles. The molecule has 1 unspecified atom stereocenters. The quantitative estimate of drug-likeness (QED) is 0.649. The van der Waals surface area contributed by atoms with E-state index < -0.39 is 0 Å². The maximum Gasteiger partial charge on any atom is 0.241 e. The zero-order valence-corrected chi connectivity index (χ0v) is 11.6. The average Bonchev–Trinajstić information content (AvgIpc) is 2.40. The van der Waals surface area contributed by atoms with Gasteiger partial charge in [0.2, 0.25) is 5.91 Å². The van der Waals surface area contributed by atoms with Crippen molar-refractivity contribution >= 4 is 17.3 Å². The summed E-state index contributed by atoms with van der Waals surface area (Å²) in [6.45, 7) is 5.24. The van der Waals surface area contributed by atoms with Crippen molar-refractivity contribution in [3.63, 3.8) is 0 Å². The fraction of sp³-hybridized carbons (Fsp3) is 0.500. The Morgan fingerprint density at radius 1 is 1.37 bits per heavy atom. The summed E-state index contributed by atoms with van der Waals surface area (Å²) in [7, 11) is 0. The fourth-order valence-electron chi connectivity index (χ4n) is 1.89. The van der Waals surface area contributed by atoms with Crippen molar-refractivity contribution in [2.75, 3.05) is 30.7 Å². The van der Waals surface area contributed by atoms with E-state index in [9.17, 15) is 4.79 Å². The Hall–Kier alpha value is -1.59. The first-order chi connectivity index (χ1) is 9.08. The molecule has 1 rings (SSSR count). The van der Waals surface area contributed by atoms with Gasteiger partial charge in [0, 0.05) is 17.9 Å². The lowest BCUT2D eigenvalue weighted by Crippen LogP contribution is -2.43. The van der Waals surface area contributed by atoms with Gasteiger partial charge in [0.05, 0.1) is 12.6 Å². The molecular formula is C14H23N3O2. The van der Waals surface area contributed by atoms with E-state index in [0.29, 0.717) is 12.2 Å². The van der Waals surface area contributed by atoms with Crippen LogP contribution in [0.5, 0.6) is 0 Å². The van der Waals surface area contributed by atoms with Gasteiger partial charge in [-0.25, -0.2) is 0 Å². The first kappa shape index (κ1) is 15.5. The normalized spacial score (nSPS) is 12.4. The van der Waals surface area contributed by atoms with Gasteiger partial charge in [-0.05, 0) is 44.2 Å². The number of nitrogen functional groups attached to an aromatic ring is 1. The third kappa shape index (κ3) is 4.89. The first-order valence-electron chi connectivity index (χ1n) is 6.59. The Kier molecular flexibility index (Phi) is 6.32. The van der Waals surface area contributed by atoms with E-state index in [1.165, 1.54) is 0 Å². The number of hydrogen-bond donors (Lipinski definition) is 3. The van der Waals surface area contributed by atoms with Crippen LogP contribution in [0, 0.1) is 0 Å². The molecule has 0 radical (unpaired) electrons. The van der Waals surface area contributed by atoms with Gasteiger partial charge in [-0.15, -0.1) is 0 Å². The number of benzene rings is 1. The van der Waals surface area contributed by atoms with E-state index in [-0.39, 0.29) is 18.6 Å².